The number of anilines is 1. The van der Waals surface area contributed by atoms with Crippen LogP contribution in [0.2, 0.25) is 0 Å². The highest BCUT2D eigenvalue weighted by atomic mass is 16.2. The Bertz CT molecular complexity index is 443. The summed E-state index contributed by atoms with van der Waals surface area (Å²) in [5, 5.41) is 2.54. The van der Waals surface area contributed by atoms with Gasteiger partial charge in [-0.3, -0.25) is 9.59 Å². The molecule has 1 fully saturated rings. The number of piperidine rings is 1. The van der Waals surface area contributed by atoms with Gasteiger partial charge in [-0.1, -0.05) is 0 Å². The van der Waals surface area contributed by atoms with E-state index in [4.69, 9.17) is 5.73 Å². The van der Waals surface area contributed by atoms with Crippen molar-refractivity contribution >= 4 is 17.8 Å². The lowest BCUT2D eigenvalue weighted by Crippen LogP contribution is -2.43. The summed E-state index contributed by atoms with van der Waals surface area (Å²) in [5.74, 6) is -0.00583. The largest absolute Gasteiger partial charge is 0.368 e. The van der Waals surface area contributed by atoms with Crippen molar-refractivity contribution < 1.29 is 9.59 Å². The molecule has 7 nitrogen and oxygen atoms in total. The molecule has 19 heavy (non-hydrogen) atoms. The number of rotatable bonds is 4. The van der Waals surface area contributed by atoms with Crippen molar-refractivity contribution in [3.63, 3.8) is 0 Å². The third-order valence-electron chi connectivity index (χ3n) is 3.14. The molecule has 0 spiro atoms. The van der Waals surface area contributed by atoms with Crippen LogP contribution in [-0.4, -0.2) is 41.4 Å². The Morgan fingerprint density at radius 3 is 2.53 bits per heavy atom. The van der Waals surface area contributed by atoms with Crippen molar-refractivity contribution in [2.24, 2.45) is 11.7 Å². The van der Waals surface area contributed by atoms with E-state index in [-0.39, 0.29) is 18.4 Å². The molecule has 1 aromatic heterocycles. The average Bonchev–Trinajstić information content (AvgIpc) is 2.46. The maximum Gasteiger partial charge on any atom is 0.236 e. The van der Waals surface area contributed by atoms with Crippen LogP contribution in [0.5, 0.6) is 0 Å². The summed E-state index contributed by atoms with van der Waals surface area (Å²) in [4.78, 5) is 32.8. The molecule has 1 aromatic rings. The Hall–Kier alpha value is -2.18. The van der Waals surface area contributed by atoms with Crippen LogP contribution < -0.4 is 16.0 Å². The van der Waals surface area contributed by atoms with E-state index in [2.05, 4.69) is 20.2 Å². The zero-order valence-corrected chi connectivity index (χ0v) is 10.6. The fourth-order valence-electron chi connectivity index (χ4n) is 2.11. The van der Waals surface area contributed by atoms with E-state index in [0.717, 1.165) is 25.9 Å². The van der Waals surface area contributed by atoms with Gasteiger partial charge in [0.25, 0.3) is 0 Å². The second-order valence-corrected chi connectivity index (χ2v) is 4.49. The molecule has 1 aliphatic rings. The van der Waals surface area contributed by atoms with Crippen molar-refractivity contribution in [3.8, 4) is 0 Å². The zero-order chi connectivity index (χ0) is 13.7. The molecule has 0 radical (unpaired) electrons. The van der Waals surface area contributed by atoms with Crippen LogP contribution in [0, 0.1) is 5.92 Å². The summed E-state index contributed by atoms with van der Waals surface area (Å²) in [6.07, 6.45) is 4.85. The van der Waals surface area contributed by atoms with E-state index in [1.54, 1.807) is 18.5 Å². The van der Waals surface area contributed by atoms with Crippen molar-refractivity contribution in [1.29, 1.82) is 0 Å². The summed E-state index contributed by atoms with van der Waals surface area (Å²) in [5.41, 5.74) is 4.99. The van der Waals surface area contributed by atoms with Crippen LogP contribution >= 0.6 is 0 Å². The van der Waals surface area contributed by atoms with Gasteiger partial charge in [0.2, 0.25) is 17.8 Å². The number of aromatic nitrogens is 2. The van der Waals surface area contributed by atoms with E-state index in [9.17, 15) is 9.59 Å². The van der Waals surface area contributed by atoms with Gasteiger partial charge in [-0.15, -0.1) is 0 Å². The highest BCUT2D eigenvalue weighted by molar-refractivity contribution is 5.85. The second kappa shape index (κ2) is 6.12. The molecule has 2 heterocycles. The molecule has 0 aliphatic carbocycles. The van der Waals surface area contributed by atoms with Gasteiger partial charge in [-0.05, 0) is 18.9 Å². The Morgan fingerprint density at radius 1 is 1.32 bits per heavy atom. The first-order valence-electron chi connectivity index (χ1n) is 6.25. The van der Waals surface area contributed by atoms with Gasteiger partial charge in [0.15, 0.2) is 0 Å². The Kier molecular flexibility index (Phi) is 4.27. The molecule has 0 bridgehead atoms. The number of nitrogens with zero attached hydrogens (tertiary/aromatic N) is 3. The summed E-state index contributed by atoms with van der Waals surface area (Å²) < 4.78 is 0. The summed E-state index contributed by atoms with van der Waals surface area (Å²) in [6.45, 7) is 1.37. The molecule has 0 unspecified atom stereocenters. The maximum atomic E-state index is 11.8. The first-order valence-corrected chi connectivity index (χ1v) is 6.25. The molecule has 0 saturated carbocycles. The minimum Gasteiger partial charge on any atom is -0.368 e. The molecular weight excluding hydrogens is 246 g/mol. The van der Waals surface area contributed by atoms with Gasteiger partial charge < -0.3 is 16.0 Å². The quantitative estimate of drug-likeness (QED) is 0.747. The van der Waals surface area contributed by atoms with Crippen LogP contribution in [0.1, 0.15) is 12.8 Å². The molecule has 2 rings (SSSR count). The Balaban J connectivity index is 1.82. The third-order valence-corrected chi connectivity index (χ3v) is 3.14. The third kappa shape index (κ3) is 3.64. The van der Waals surface area contributed by atoms with Gasteiger partial charge >= 0.3 is 0 Å². The fraction of sp³-hybridized carbons (Fsp3) is 0.500. The van der Waals surface area contributed by atoms with E-state index < -0.39 is 5.91 Å². The first kappa shape index (κ1) is 13.3. The molecule has 2 amide bonds. The van der Waals surface area contributed by atoms with Gasteiger partial charge in [-0.25, -0.2) is 9.97 Å². The SMILES string of the molecule is NC(=O)CNC(=O)C1CCN(c2ncccn2)CC1. The highest BCUT2D eigenvalue weighted by Gasteiger charge is 2.25. The molecule has 102 valence electrons. The number of carbonyl (C=O) groups is 2. The minimum absolute atomic E-state index is 0.0701. The predicted octanol–water partition coefficient (Wildman–Crippen LogP) is -0.705. The van der Waals surface area contributed by atoms with E-state index in [1.807, 2.05) is 0 Å². The maximum absolute atomic E-state index is 11.8. The van der Waals surface area contributed by atoms with Crippen molar-refractivity contribution in [3.05, 3.63) is 18.5 Å². The minimum atomic E-state index is -0.525. The van der Waals surface area contributed by atoms with Crippen LogP contribution in [-0.2, 0) is 9.59 Å². The number of hydrogen-bond acceptors (Lipinski definition) is 5. The first-order chi connectivity index (χ1) is 9.16. The van der Waals surface area contributed by atoms with E-state index >= 15 is 0 Å². The number of primary amides is 1. The second-order valence-electron chi connectivity index (χ2n) is 4.49. The number of nitrogens with one attached hydrogen (secondary N) is 1. The molecule has 0 aromatic carbocycles. The van der Waals surface area contributed by atoms with Gasteiger partial charge in [0.1, 0.15) is 0 Å². The lowest BCUT2D eigenvalue weighted by atomic mass is 9.96. The number of nitrogens with two attached hydrogens (primary N) is 1. The zero-order valence-electron chi connectivity index (χ0n) is 10.6. The number of amides is 2. The van der Waals surface area contributed by atoms with Gasteiger partial charge in [-0.2, -0.15) is 0 Å². The van der Waals surface area contributed by atoms with Crippen LogP contribution in [0.15, 0.2) is 18.5 Å². The lowest BCUT2D eigenvalue weighted by Gasteiger charge is -2.31. The molecule has 1 saturated heterocycles. The summed E-state index contributed by atoms with van der Waals surface area (Å²) in [6, 6.07) is 1.77. The summed E-state index contributed by atoms with van der Waals surface area (Å²) in [7, 11) is 0. The molecule has 7 heteroatoms. The monoisotopic (exact) mass is 263 g/mol. The Morgan fingerprint density at radius 2 is 1.95 bits per heavy atom. The van der Waals surface area contributed by atoms with Gasteiger partial charge in [0.05, 0.1) is 6.54 Å². The number of hydrogen-bond donors (Lipinski definition) is 2. The molecule has 3 N–H and O–H groups in total. The highest BCUT2D eigenvalue weighted by Crippen LogP contribution is 2.20. The Labute approximate surface area is 111 Å². The topological polar surface area (TPSA) is 101 Å². The van der Waals surface area contributed by atoms with Crippen LogP contribution in [0.4, 0.5) is 5.95 Å². The van der Waals surface area contributed by atoms with Crippen molar-refractivity contribution in [2.45, 2.75) is 12.8 Å². The van der Waals surface area contributed by atoms with E-state index in [1.165, 1.54) is 0 Å². The normalized spacial score (nSPS) is 16.1. The summed E-state index contributed by atoms with van der Waals surface area (Å²) >= 11 is 0. The molecule has 1 aliphatic heterocycles. The molecular formula is C12H17N5O2. The van der Waals surface area contributed by atoms with Gasteiger partial charge in [0, 0.05) is 31.4 Å². The molecule has 0 atom stereocenters. The van der Waals surface area contributed by atoms with E-state index in [0.29, 0.717) is 5.95 Å². The lowest BCUT2D eigenvalue weighted by molar-refractivity contribution is -0.128. The van der Waals surface area contributed by atoms with Crippen molar-refractivity contribution in [1.82, 2.24) is 15.3 Å². The fourth-order valence-corrected chi connectivity index (χ4v) is 2.11. The smallest absolute Gasteiger partial charge is 0.236 e. The van der Waals surface area contributed by atoms with Crippen LogP contribution in [0.25, 0.3) is 0 Å². The average molecular weight is 263 g/mol. The van der Waals surface area contributed by atoms with Crippen molar-refractivity contribution in [2.75, 3.05) is 24.5 Å². The predicted molar refractivity (Wildman–Crippen MR) is 69.2 cm³/mol. The number of carbonyl (C=O) groups excluding carboxylic acids is 2. The van der Waals surface area contributed by atoms with Crippen LogP contribution in [0.3, 0.4) is 0 Å². The standard InChI is InChI=1S/C12H17N5O2/c13-10(18)8-16-11(19)9-2-6-17(7-3-9)12-14-4-1-5-15-12/h1,4-5,9H,2-3,6-8H2,(H2,13,18)(H,16,19).